The molecule has 35 heavy (non-hydrogen) atoms. The van der Waals surface area contributed by atoms with Crippen molar-refractivity contribution < 1.29 is 33.3 Å². The number of benzene rings is 4. The lowest BCUT2D eigenvalue weighted by atomic mass is 10.0. The molecule has 0 aliphatic carbocycles. The summed E-state index contributed by atoms with van der Waals surface area (Å²) >= 11 is 0. The molecule has 0 aliphatic heterocycles. The number of hydrogen-bond acceptors (Lipinski definition) is 4. The van der Waals surface area contributed by atoms with Crippen LogP contribution in [-0.2, 0) is 0 Å². The zero-order valence-electron chi connectivity index (χ0n) is 18.5. The summed E-state index contributed by atoms with van der Waals surface area (Å²) in [5.74, 6) is 1.72. The van der Waals surface area contributed by atoms with Gasteiger partial charge in [-0.1, -0.05) is 84.9 Å². The van der Waals surface area contributed by atoms with Gasteiger partial charge in [-0.2, -0.15) is 0 Å². The third-order valence-corrected chi connectivity index (χ3v) is 5.27. The van der Waals surface area contributed by atoms with E-state index in [9.17, 15) is 0 Å². The third kappa shape index (κ3) is 7.07. The van der Waals surface area contributed by atoms with Crippen molar-refractivity contribution in [1.82, 2.24) is 0 Å². The Balaban J connectivity index is 0.000000527. The molecule has 0 aliphatic rings. The minimum atomic E-state index is -4.94. The van der Waals surface area contributed by atoms with Gasteiger partial charge in [0, 0.05) is 12.1 Å². The smallest absolute Gasteiger partial charge is 0.222 e. The highest BCUT2D eigenvalue weighted by Crippen LogP contribution is 2.30. The quantitative estimate of drug-likeness (QED) is 0.363. The molecule has 0 bridgehead atoms. The molecule has 1 heterocycles. The lowest BCUT2D eigenvalue weighted by molar-refractivity contribution is -2.00. The Hall–Kier alpha value is -3.84. The lowest BCUT2D eigenvalue weighted by Gasteiger charge is -2.17. The van der Waals surface area contributed by atoms with Gasteiger partial charge < -0.3 is 0 Å². The second-order valence-electron chi connectivity index (χ2n) is 7.62. The minimum absolute atomic E-state index is 0.860. The van der Waals surface area contributed by atoms with Gasteiger partial charge in [0.2, 0.25) is 0 Å². The predicted octanol–water partition coefficient (Wildman–Crippen LogP) is 3.47. The maximum absolute atomic E-state index is 8.49. The van der Waals surface area contributed by atoms with Crippen molar-refractivity contribution in [3.05, 3.63) is 127 Å². The lowest BCUT2D eigenvalue weighted by Crippen LogP contribution is -2.68. The Morgan fingerprint density at radius 2 is 0.629 bits per heavy atom. The maximum Gasteiger partial charge on any atom is 0.360 e. The van der Waals surface area contributed by atoms with E-state index in [1.165, 1.54) is 22.3 Å². The average Bonchev–Trinajstić information content (AvgIpc) is 2.89. The van der Waals surface area contributed by atoms with Crippen LogP contribution < -0.4 is 18.6 Å². The van der Waals surface area contributed by atoms with Crippen LogP contribution in [0.4, 0.5) is 0 Å². The van der Waals surface area contributed by atoms with Crippen LogP contribution in [0.3, 0.4) is 0 Å². The van der Waals surface area contributed by atoms with Crippen LogP contribution in [0, 0.1) is 10.2 Å². The number of hydrogen-bond donors (Lipinski definition) is 0. The summed E-state index contributed by atoms with van der Waals surface area (Å²) in [7, 11) is -4.94. The molecule has 0 radical (unpaired) electrons. The Morgan fingerprint density at radius 3 is 0.971 bits per heavy atom. The van der Waals surface area contributed by atoms with Crippen molar-refractivity contribution in [3.8, 4) is 44.9 Å². The molecule has 0 unspecified atom stereocenters. The molecule has 0 fully saturated rings. The summed E-state index contributed by atoms with van der Waals surface area (Å²) in [6.07, 6.45) is 0. The molecule has 0 saturated heterocycles. The van der Waals surface area contributed by atoms with Crippen LogP contribution in [-0.4, -0.2) is 0 Å². The first-order chi connectivity index (χ1) is 16.9. The van der Waals surface area contributed by atoms with Gasteiger partial charge in [0.05, 0.1) is 11.1 Å². The van der Waals surface area contributed by atoms with Gasteiger partial charge in [-0.05, 0) is 52.6 Å². The van der Waals surface area contributed by atoms with E-state index in [0.717, 1.165) is 22.6 Å². The summed E-state index contributed by atoms with van der Waals surface area (Å²) in [6, 6.07) is 43.9. The molecular formula is C29H21ClO5. The van der Waals surface area contributed by atoms with E-state index in [4.69, 9.17) is 23.1 Å². The predicted molar refractivity (Wildman–Crippen MR) is 125 cm³/mol. The highest BCUT2D eigenvalue weighted by molar-refractivity contribution is 5.71. The number of rotatable bonds is 4. The first-order valence-corrected chi connectivity index (χ1v) is 12.0. The van der Waals surface area contributed by atoms with E-state index in [2.05, 4.69) is 97.1 Å². The summed E-state index contributed by atoms with van der Waals surface area (Å²) in [4.78, 5) is 0. The van der Waals surface area contributed by atoms with Crippen LogP contribution in [0.1, 0.15) is 0 Å². The fraction of sp³-hybridized carbons (Fsp3) is 0. The van der Waals surface area contributed by atoms with Crippen molar-refractivity contribution in [2.75, 3.05) is 0 Å². The molecule has 6 heteroatoms. The van der Waals surface area contributed by atoms with Crippen LogP contribution in [0.15, 0.2) is 132 Å². The SMILES string of the molecule is [O-][Cl+3]([O-])([O-])[O-].c1ccc(-c2ccc(-c3cccc(-c4ccc(-c5ccccc5)cc4)[o+]3)cc2)cc1. The molecule has 4 aromatic carbocycles. The second-order valence-corrected chi connectivity index (χ2v) is 8.38. The molecular weight excluding hydrogens is 464 g/mol. The summed E-state index contributed by atoms with van der Waals surface area (Å²) in [5.41, 5.74) is 6.97. The summed E-state index contributed by atoms with van der Waals surface area (Å²) < 4.78 is 40.2. The maximum atomic E-state index is 8.49. The van der Waals surface area contributed by atoms with Crippen LogP contribution in [0.5, 0.6) is 0 Å². The van der Waals surface area contributed by atoms with Crippen molar-refractivity contribution in [2.45, 2.75) is 0 Å². The fourth-order valence-corrected chi connectivity index (χ4v) is 3.63. The summed E-state index contributed by atoms with van der Waals surface area (Å²) in [6.45, 7) is 0. The van der Waals surface area contributed by atoms with Gasteiger partial charge in [-0.15, -0.1) is 10.2 Å². The van der Waals surface area contributed by atoms with Gasteiger partial charge in [-0.3, -0.25) is 0 Å². The highest BCUT2D eigenvalue weighted by Gasteiger charge is 2.17. The van der Waals surface area contributed by atoms with Crippen LogP contribution in [0.25, 0.3) is 44.9 Å². The van der Waals surface area contributed by atoms with Gasteiger partial charge >= 0.3 is 11.5 Å². The molecule has 0 N–H and O–H groups in total. The third-order valence-electron chi connectivity index (χ3n) is 5.27. The minimum Gasteiger partial charge on any atom is -0.222 e. The van der Waals surface area contributed by atoms with E-state index in [1.807, 2.05) is 30.3 Å². The Labute approximate surface area is 205 Å². The zero-order valence-corrected chi connectivity index (χ0v) is 19.3. The Kier molecular flexibility index (Phi) is 7.67. The highest BCUT2D eigenvalue weighted by atomic mass is 35.7. The largest absolute Gasteiger partial charge is 0.360 e. The first-order valence-electron chi connectivity index (χ1n) is 10.7. The second kappa shape index (κ2) is 11.1. The molecule has 174 valence electrons. The topological polar surface area (TPSA) is 104 Å². The molecule has 0 spiro atoms. The zero-order chi connectivity index (χ0) is 24.7. The van der Waals surface area contributed by atoms with E-state index < -0.39 is 10.2 Å². The van der Waals surface area contributed by atoms with Crippen molar-refractivity contribution in [3.63, 3.8) is 0 Å². The molecule has 5 nitrogen and oxygen atoms in total. The standard InChI is InChI=1S/C29H21O.ClHO4/c1-3-8-22(9-4-1)24-14-18-26(19-15-24)28-12-7-13-29(30-28)27-20-16-25(17-21-27)23-10-5-2-6-11-23;2-1(3,4)5/h1-21H;(H,2,3,4,5)/q+1;/p-1. The van der Waals surface area contributed by atoms with Crippen molar-refractivity contribution in [1.29, 1.82) is 0 Å². The Morgan fingerprint density at radius 1 is 0.343 bits per heavy atom. The molecule has 5 aromatic rings. The molecule has 0 saturated carbocycles. The Bertz CT molecular complexity index is 1240. The van der Waals surface area contributed by atoms with E-state index >= 15 is 0 Å². The van der Waals surface area contributed by atoms with Gasteiger partial charge in [0.1, 0.15) is 0 Å². The van der Waals surface area contributed by atoms with Crippen LogP contribution in [0.2, 0.25) is 0 Å². The molecule has 0 atom stereocenters. The van der Waals surface area contributed by atoms with Crippen LogP contribution >= 0.6 is 0 Å². The van der Waals surface area contributed by atoms with Gasteiger partial charge in [0.15, 0.2) is 0 Å². The summed E-state index contributed by atoms with van der Waals surface area (Å²) in [5, 5.41) is 0. The van der Waals surface area contributed by atoms with Gasteiger partial charge in [-0.25, -0.2) is 23.1 Å². The van der Waals surface area contributed by atoms with Crippen molar-refractivity contribution in [2.24, 2.45) is 0 Å². The molecule has 5 rings (SSSR count). The van der Waals surface area contributed by atoms with E-state index in [0.29, 0.717) is 0 Å². The molecule has 0 amide bonds. The van der Waals surface area contributed by atoms with Crippen molar-refractivity contribution >= 4 is 0 Å². The molecule has 1 aromatic heterocycles. The average molecular weight is 485 g/mol. The monoisotopic (exact) mass is 484 g/mol. The van der Waals surface area contributed by atoms with E-state index in [-0.39, 0.29) is 0 Å². The number of halogens is 1. The normalized spacial score (nSPS) is 10.9. The first kappa shape index (κ1) is 24.3. The van der Waals surface area contributed by atoms with Gasteiger partial charge in [0.25, 0.3) is 0 Å². The van der Waals surface area contributed by atoms with E-state index in [1.54, 1.807) is 0 Å². The fourth-order valence-electron chi connectivity index (χ4n) is 3.63.